The zero-order valence-corrected chi connectivity index (χ0v) is 14.1. The Hall–Kier alpha value is -3.27. The fourth-order valence-electron chi connectivity index (χ4n) is 1.85. The molecule has 1 amide bonds. The van der Waals surface area contributed by atoms with E-state index in [-0.39, 0.29) is 31.4 Å². The number of carbonyl (C=O) groups is 1. The molecule has 0 aliphatic heterocycles. The molecular formula is C19H17F2NO4. The molecule has 0 aromatic heterocycles. The van der Waals surface area contributed by atoms with Crippen molar-refractivity contribution < 1.29 is 27.8 Å². The second kappa shape index (κ2) is 9.89. The minimum atomic E-state index is -0.796. The lowest BCUT2D eigenvalue weighted by atomic mass is 10.3. The fourth-order valence-corrected chi connectivity index (χ4v) is 1.85. The molecule has 2 aromatic rings. The van der Waals surface area contributed by atoms with Crippen molar-refractivity contribution in [2.24, 2.45) is 0 Å². The van der Waals surface area contributed by atoms with E-state index in [0.717, 1.165) is 12.1 Å². The fraction of sp³-hybridized carbons (Fsp3) is 0.211. The van der Waals surface area contributed by atoms with Gasteiger partial charge in [-0.2, -0.15) is 0 Å². The molecule has 0 heterocycles. The van der Waals surface area contributed by atoms with Crippen LogP contribution < -0.4 is 19.5 Å². The van der Waals surface area contributed by atoms with Crippen molar-refractivity contribution >= 4 is 5.91 Å². The van der Waals surface area contributed by atoms with Gasteiger partial charge < -0.3 is 19.5 Å². The summed E-state index contributed by atoms with van der Waals surface area (Å²) in [5.41, 5.74) is 0. The average molecular weight is 361 g/mol. The van der Waals surface area contributed by atoms with Gasteiger partial charge in [-0.3, -0.25) is 4.79 Å². The summed E-state index contributed by atoms with van der Waals surface area (Å²) >= 11 is 0. The molecule has 5 nitrogen and oxygen atoms in total. The van der Waals surface area contributed by atoms with E-state index in [2.05, 4.69) is 17.2 Å². The first-order chi connectivity index (χ1) is 12.6. The highest BCUT2D eigenvalue weighted by molar-refractivity contribution is 5.77. The highest BCUT2D eigenvalue weighted by Gasteiger charge is 2.04. The van der Waals surface area contributed by atoms with Crippen molar-refractivity contribution in [3.05, 3.63) is 54.1 Å². The van der Waals surface area contributed by atoms with Crippen LogP contribution in [0.5, 0.6) is 17.2 Å². The Morgan fingerprint density at radius 1 is 1.08 bits per heavy atom. The number of rotatable bonds is 7. The van der Waals surface area contributed by atoms with Crippen molar-refractivity contribution in [3.8, 4) is 29.1 Å². The number of methoxy groups -OCH3 is 1. The van der Waals surface area contributed by atoms with Crippen molar-refractivity contribution in [2.45, 2.75) is 0 Å². The predicted molar refractivity (Wildman–Crippen MR) is 91.1 cm³/mol. The number of nitrogens with one attached hydrogen (secondary N) is 1. The van der Waals surface area contributed by atoms with Gasteiger partial charge >= 0.3 is 0 Å². The van der Waals surface area contributed by atoms with Crippen LogP contribution in [0.3, 0.4) is 0 Å². The van der Waals surface area contributed by atoms with Gasteiger partial charge in [0.25, 0.3) is 5.91 Å². The molecule has 0 saturated heterocycles. The van der Waals surface area contributed by atoms with E-state index in [9.17, 15) is 13.6 Å². The van der Waals surface area contributed by atoms with Crippen LogP contribution in [0.25, 0.3) is 0 Å². The quantitative estimate of drug-likeness (QED) is 0.770. The molecule has 136 valence electrons. The van der Waals surface area contributed by atoms with Crippen molar-refractivity contribution in [1.82, 2.24) is 5.32 Å². The minimum Gasteiger partial charge on any atom is -0.497 e. The maximum Gasteiger partial charge on any atom is 0.258 e. The topological polar surface area (TPSA) is 56.8 Å². The van der Waals surface area contributed by atoms with Crippen LogP contribution in [-0.4, -0.2) is 32.8 Å². The van der Waals surface area contributed by atoms with Gasteiger partial charge in [0.1, 0.15) is 23.9 Å². The summed E-state index contributed by atoms with van der Waals surface area (Å²) in [5, 5.41) is 2.55. The highest BCUT2D eigenvalue weighted by Crippen LogP contribution is 2.18. The summed E-state index contributed by atoms with van der Waals surface area (Å²) in [6, 6.07) is 9.90. The second-order valence-electron chi connectivity index (χ2n) is 4.96. The number of carbonyl (C=O) groups excluding carboxylic acids is 1. The Bertz CT molecular complexity index is 815. The molecule has 0 aliphatic rings. The number of amides is 1. The summed E-state index contributed by atoms with van der Waals surface area (Å²) in [5.74, 6) is 4.51. The number of benzene rings is 2. The highest BCUT2D eigenvalue weighted by atomic mass is 19.1. The summed E-state index contributed by atoms with van der Waals surface area (Å²) in [6.07, 6.45) is 0. The number of hydrogen-bond acceptors (Lipinski definition) is 4. The van der Waals surface area contributed by atoms with E-state index in [1.165, 1.54) is 6.07 Å². The Balaban J connectivity index is 1.66. The Labute approximate surface area is 149 Å². The van der Waals surface area contributed by atoms with Crippen molar-refractivity contribution in [2.75, 3.05) is 26.9 Å². The van der Waals surface area contributed by atoms with Crippen LogP contribution in [0.4, 0.5) is 8.78 Å². The van der Waals surface area contributed by atoms with E-state index in [1.807, 2.05) is 0 Å². The standard InChI is InChI=1S/C19H17F2NO4/c1-24-15-5-4-6-16(12-15)26-13-19(23)22-9-2-3-10-25-18-8-7-14(20)11-17(18)21/h4-8,11-12H,9-10,13H2,1H3,(H,22,23). The first kappa shape index (κ1) is 19.1. The lowest BCUT2D eigenvalue weighted by molar-refractivity contribution is -0.122. The van der Waals surface area contributed by atoms with Gasteiger partial charge in [-0.1, -0.05) is 17.9 Å². The zero-order chi connectivity index (χ0) is 18.8. The lowest BCUT2D eigenvalue weighted by Crippen LogP contribution is -2.29. The van der Waals surface area contributed by atoms with Crippen LogP contribution in [0.1, 0.15) is 0 Å². The average Bonchev–Trinajstić information content (AvgIpc) is 2.64. The minimum absolute atomic E-state index is 0.0846. The van der Waals surface area contributed by atoms with Gasteiger partial charge in [0.05, 0.1) is 13.7 Å². The molecule has 0 atom stereocenters. The first-order valence-electron chi connectivity index (χ1n) is 7.65. The summed E-state index contributed by atoms with van der Waals surface area (Å²) in [4.78, 5) is 11.7. The molecule has 0 bridgehead atoms. The maximum absolute atomic E-state index is 13.3. The molecule has 0 spiro atoms. The molecule has 0 unspecified atom stereocenters. The predicted octanol–water partition coefficient (Wildman–Crippen LogP) is 2.55. The lowest BCUT2D eigenvalue weighted by Gasteiger charge is -2.07. The van der Waals surface area contributed by atoms with E-state index in [0.29, 0.717) is 11.5 Å². The molecule has 7 heteroatoms. The van der Waals surface area contributed by atoms with Crippen LogP contribution in [-0.2, 0) is 4.79 Å². The third-order valence-corrected chi connectivity index (χ3v) is 3.10. The summed E-state index contributed by atoms with van der Waals surface area (Å²) in [7, 11) is 1.54. The zero-order valence-electron chi connectivity index (χ0n) is 14.1. The molecule has 0 fully saturated rings. The van der Waals surface area contributed by atoms with Gasteiger partial charge in [-0.25, -0.2) is 8.78 Å². The largest absolute Gasteiger partial charge is 0.497 e. The molecule has 1 N–H and O–H groups in total. The molecule has 0 radical (unpaired) electrons. The summed E-state index contributed by atoms with van der Waals surface area (Å²) < 4.78 is 41.5. The van der Waals surface area contributed by atoms with Crippen LogP contribution in [0.15, 0.2) is 42.5 Å². The van der Waals surface area contributed by atoms with E-state index in [1.54, 1.807) is 31.4 Å². The number of halogens is 2. The molecular weight excluding hydrogens is 344 g/mol. The smallest absolute Gasteiger partial charge is 0.258 e. The monoisotopic (exact) mass is 361 g/mol. The molecule has 0 aliphatic carbocycles. The molecule has 2 rings (SSSR count). The Morgan fingerprint density at radius 3 is 2.65 bits per heavy atom. The number of ether oxygens (including phenoxy) is 3. The summed E-state index contributed by atoms with van der Waals surface area (Å²) in [6.45, 7) is -0.152. The third-order valence-electron chi connectivity index (χ3n) is 3.10. The van der Waals surface area contributed by atoms with Crippen molar-refractivity contribution in [1.29, 1.82) is 0 Å². The number of hydrogen-bond donors (Lipinski definition) is 1. The first-order valence-corrected chi connectivity index (χ1v) is 7.65. The third kappa shape index (κ3) is 6.32. The second-order valence-corrected chi connectivity index (χ2v) is 4.96. The van der Waals surface area contributed by atoms with Crippen LogP contribution in [0, 0.1) is 23.5 Å². The maximum atomic E-state index is 13.3. The molecule has 0 saturated carbocycles. The molecule has 26 heavy (non-hydrogen) atoms. The van der Waals surface area contributed by atoms with Crippen LogP contribution in [0.2, 0.25) is 0 Å². The van der Waals surface area contributed by atoms with Gasteiger partial charge in [0.2, 0.25) is 0 Å². The normalized spacial score (nSPS) is 9.65. The van der Waals surface area contributed by atoms with Gasteiger partial charge in [0, 0.05) is 12.1 Å². The van der Waals surface area contributed by atoms with Gasteiger partial charge in [-0.15, -0.1) is 0 Å². The Kier molecular flexibility index (Phi) is 7.25. The van der Waals surface area contributed by atoms with E-state index < -0.39 is 11.6 Å². The van der Waals surface area contributed by atoms with Gasteiger partial charge in [0.15, 0.2) is 18.2 Å². The van der Waals surface area contributed by atoms with Crippen molar-refractivity contribution in [3.63, 3.8) is 0 Å². The SMILES string of the molecule is COc1cccc(OCC(=O)NCC#CCOc2ccc(F)cc2F)c1. The Morgan fingerprint density at radius 2 is 1.88 bits per heavy atom. The van der Waals surface area contributed by atoms with Gasteiger partial charge in [-0.05, 0) is 24.3 Å². The molecule has 2 aromatic carbocycles. The van der Waals surface area contributed by atoms with E-state index in [4.69, 9.17) is 14.2 Å². The van der Waals surface area contributed by atoms with Crippen LogP contribution >= 0.6 is 0 Å². The van der Waals surface area contributed by atoms with E-state index >= 15 is 0 Å².